The van der Waals surface area contributed by atoms with Gasteiger partial charge in [-0.2, -0.15) is 10.2 Å². The lowest BCUT2D eigenvalue weighted by atomic mass is 10.0. The number of aromatic nitrogens is 5. The van der Waals surface area contributed by atoms with E-state index >= 15 is 0 Å². The predicted molar refractivity (Wildman–Crippen MR) is 149 cm³/mol. The molecule has 0 unspecified atom stereocenters. The Balaban J connectivity index is 1.37. The minimum atomic E-state index is -0.118. The highest BCUT2D eigenvalue weighted by Gasteiger charge is 2.31. The number of nitrogens with zero attached hydrogens (tertiary/aromatic N) is 5. The molecule has 1 amide bonds. The molecule has 5 aromatic rings. The van der Waals surface area contributed by atoms with Gasteiger partial charge in [-0.15, -0.1) is 0 Å². The second-order valence-electron chi connectivity index (χ2n) is 10.3. The van der Waals surface area contributed by atoms with E-state index in [2.05, 4.69) is 26.1 Å². The standard InChI is InChI=1S/C28H24BrClN6O2/c1-15-20-6-5-19(12-24(20)33-32-15)35-26-18(10-16-2-3-16)13-31-36(26)25-14-34(9-8-21(25)28(35)38)27(37)17-4-7-22(29)23(30)11-17/h4-7,11-13,16H,2-3,8-10,14H2,1H3,(H,32,33). The Labute approximate surface area is 231 Å². The van der Waals surface area contributed by atoms with Crippen molar-refractivity contribution < 1.29 is 4.79 Å². The highest BCUT2D eigenvalue weighted by atomic mass is 79.9. The van der Waals surface area contributed by atoms with Crippen molar-refractivity contribution in [1.29, 1.82) is 0 Å². The van der Waals surface area contributed by atoms with Gasteiger partial charge in [-0.3, -0.25) is 19.3 Å². The molecule has 192 valence electrons. The number of amides is 1. The summed E-state index contributed by atoms with van der Waals surface area (Å²) in [6, 6.07) is 11.2. The Hall–Kier alpha value is -3.43. The molecule has 0 bridgehead atoms. The number of nitrogens with one attached hydrogen (secondary N) is 1. The monoisotopic (exact) mass is 590 g/mol. The van der Waals surface area contributed by atoms with Gasteiger partial charge in [-0.25, -0.2) is 4.52 Å². The number of carbonyl (C=O) groups excluding carboxylic acids is 1. The molecular formula is C28H24BrClN6O2. The number of halogens is 2. The second kappa shape index (κ2) is 8.81. The minimum absolute atomic E-state index is 0.0561. The summed E-state index contributed by atoms with van der Waals surface area (Å²) in [7, 11) is 0. The van der Waals surface area contributed by atoms with Crippen LogP contribution in [-0.4, -0.2) is 41.7 Å². The third-order valence-electron chi connectivity index (χ3n) is 7.72. The van der Waals surface area contributed by atoms with E-state index in [9.17, 15) is 9.59 Å². The Morgan fingerprint density at radius 1 is 1.21 bits per heavy atom. The molecule has 0 saturated heterocycles. The van der Waals surface area contributed by atoms with Crippen molar-refractivity contribution in [3.63, 3.8) is 0 Å². The van der Waals surface area contributed by atoms with Crippen molar-refractivity contribution in [3.8, 4) is 5.69 Å². The average molecular weight is 592 g/mol. The molecule has 7 rings (SSSR count). The topological polar surface area (TPSA) is 88.3 Å². The quantitative estimate of drug-likeness (QED) is 0.310. The van der Waals surface area contributed by atoms with Crippen molar-refractivity contribution in [2.45, 2.75) is 39.2 Å². The molecule has 10 heteroatoms. The molecule has 3 aromatic heterocycles. The molecule has 0 spiro atoms. The van der Waals surface area contributed by atoms with Gasteiger partial charge >= 0.3 is 0 Å². The number of H-pyrrole nitrogens is 1. The largest absolute Gasteiger partial charge is 0.332 e. The minimum Gasteiger partial charge on any atom is -0.332 e. The number of benzene rings is 2. The van der Waals surface area contributed by atoms with Gasteiger partial charge in [-0.1, -0.05) is 11.6 Å². The Kier molecular flexibility index (Phi) is 5.49. The number of rotatable bonds is 4. The second-order valence-corrected chi connectivity index (χ2v) is 11.5. The van der Waals surface area contributed by atoms with Crippen LogP contribution >= 0.6 is 27.5 Å². The van der Waals surface area contributed by atoms with Crippen molar-refractivity contribution in [1.82, 2.24) is 29.3 Å². The Morgan fingerprint density at radius 2 is 2.05 bits per heavy atom. The highest BCUT2D eigenvalue weighted by Crippen LogP contribution is 2.35. The van der Waals surface area contributed by atoms with Crippen LogP contribution in [0, 0.1) is 12.8 Å². The van der Waals surface area contributed by atoms with Gasteiger partial charge in [-0.05, 0) is 90.9 Å². The fourth-order valence-corrected chi connectivity index (χ4v) is 5.93. The third kappa shape index (κ3) is 3.79. The SMILES string of the molecule is Cc1n[nH]c2cc(-n3c(=O)c4c(n5ncc(CC6CC6)c35)CN(C(=O)c3ccc(Br)c(Cl)c3)CC4)ccc12. The lowest BCUT2D eigenvalue weighted by molar-refractivity contribution is 0.0729. The van der Waals surface area contributed by atoms with Crippen LogP contribution in [-0.2, 0) is 19.4 Å². The molecular weight excluding hydrogens is 568 g/mol. The smallest absolute Gasteiger partial charge is 0.261 e. The van der Waals surface area contributed by atoms with E-state index in [0.717, 1.165) is 50.1 Å². The molecule has 0 atom stereocenters. The van der Waals surface area contributed by atoms with E-state index in [1.54, 1.807) is 27.7 Å². The number of aromatic amines is 1. The summed E-state index contributed by atoms with van der Waals surface area (Å²) >= 11 is 9.64. The zero-order valence-corrected chi connectivity index (χ0v) is 23.0. The molecule has 8 nitrogen and oxygen atoms in total. The molecule has 1 N–H and O–H groups in total. The first kappa shape index (κ1) is 23.7. The molecule has 1 aliphatic heterocycles. The number of hydrogen-bond acceptors (Lipinski definition) is 4. The number of aryl methyl sites for hydroxylation is 1. The summed E-state index contributed by atoms with van der Waals surface area (Å²) in [6.45, 7) is 2.70. The molecule has 1 saturated carbocycles. The summed E-state index contributed by atoms with van der Waals surface area (Å²) in [5, 5.41) is 13.7. The van der Waals surface area contributed by atoms with Crippen molar-refractivity contribution in [2.24, 2.45) is 5.92 Å². The average Bonchev–Trinajstić information content (AvgIpc) is 3.54. The van der Waals surface area contributed by atoms with E-state index in [1.807, 2.05) is 35.8 Å². The van der Waals surface area contributed by atoms with Crippen LogP contribution in [0.1, 0.15) is 45.7 Å². The van der Waals surface area contributed by atoms with Gasteiger partial charge in [0.05, 0.1) is 40.4 Å². The van der Waals surface area contributed by atoms with Gasteiger partial charge in [0, 0.05) is 33.1 Å². The summed E-state index contributed by atoms with van der Waals surface area (Å²) in [5.74, 6) is 0.508. The number of fused-ring (bicyclic) bond motifs is 4. The normalized spacial score (nSPS) is 15.4. The van der Waals surface area contributed by atoms with E-state index in [-0.39, 0.29) is 11.5 Å². The van der Waals surface area contributed by atoms with Crippen LogP contribution in [0.25, 0.3) is 22.2 Å². The zero-order chi connectivity index (χ0) is 26.1. The number of hydrogen-bond donors (Lipinski definition) is 1. The van der Waals surface area contributed by atoms with Gasteiger partial charge in [0.25, 0.3) is 11.5 Å². The molecule has 1 fully saturated rings. The van der Waals surface area contributed by atoms with E-state index in [1.165, 1.54) is 12.8 Å². The lowest BCUT2D eigenvalue weighted by Crippen LogP contribution is -2.41. The van der Waals surface area contributed by atoms with Crippen LogP contribution in [0.4, 0.5) is 0 Å². The highest BCUT2D eigenvalue weighted by molar-refractivity contribution is 9.10. The third-order valence-corrected chi connectivity index (χ3v) is 8.95. The summed E-state index contributed by atoms with van der Waals surface area (Å²) in [6.07, 6.45) is 5.61. The lowest BCUT2D eigenvalue weighted by Gasteiger charge is -2.30. The van der Waals surface area contributed by atoms with Crippen LogP contribution in [0.5, 0.6) is 0 Å². The first-order valence-electron chi connectivity index (χ1n) is 12.7. The van der Waals surface area contributed by atoms with Crippen LogP contribution in [0.2, 0.25) is 5.02 Å². The van der Waals surface area contributed by atoms with Gasteiger partial charge in [0.1, 0.15) is 5.65 Å². The first-order chi connectivity index (χ1) is 18.4. The van der Waals surface area contributed by atoms with Crippen molar-refractivity contribution in [3.05, 3.63) is 90.5 Å². The summed E-state index contributed by atoms with van der Waals surface area (Å²) < 4.78 is 4.42. The van der Waals surface area contributed by atoms with Gasteiger partial charge < -0.3 is 4.90 Å². The molecule has 0 radical (unpaired) electrons. The van der Waals surface area contributed by atoms with Crippen molar-refractivity contribution >= 4 is 50.0 Å². The van der Waals surface area contributed by atoms with Crippen molar-refractivity contribution in [2.75, 3.05) is 6.54 Å². The van der Waals surface area contributed by atoms with E-state index in [0.29, 0.717) is 41.6 Å². The maximum Gasteiger partial charge on any atom is 0.261 e. The van der Waals surface area contributed by atoms with Crippen LogP contribution < -0.4 is 5.56 Å². The van der Waals surface area contributed by atoms with Gasteiger partial charge in [0.2, 0.25) is 0 Å². The van der Waals surface area contributed by atoms with E-state index in [4.69, 9.17) is 16.7 Å². The van der Waals surface area contributed by atoms with Crippen LogP contribution in [0.15, 0.2) is 51.9 Å². The molecule has 4 heterocycles. The zero-order valence-electron chi connectivity index (χ0n) is 20.7. The Bertz CT molecular complexity index is 1830. The van der Waals surface area contributed by atoms with Crippen LogP contribution in [0.3, 0.4) is 0 Å². The maximum atomic E-state index is 14.1. The van der Waals surface area contributed by atoms with Gasteiger partial charge in [0.15, 0.2) is 0 Å². The first-order valence-corrected chi connectivity index (χ1v) is 13.9. The number of carbonyl (C=O) groups is 1. The Morgan fingerprint density at radius 3 is 2.84 bits per heavy atom. The summed E-state index contributed by atoms with van der Waals surface area (Å²) in [4.78, 5) is 29.3. The van der Waals surface area contributed by atoms with E-state index < -0.39 is 0 Å². The predicted octanol–water partition coefficient (Wildman–Crippen LogP) is 5.24. The molecule has 2 aromatic carbocycles. The fourth-order valence-electron chi connectivity index (χ4n) is 5.50. The fraction of sp³-hybridized carbons (Fsp3) is 0.286. The maximum absolute atomic E-state index is 14.1. The molecule has 38 heavy (non-hydrogen) atoms. The summed E-state index contributed by atoms with van der Waals surface area (Å²) in [5.41, 5.74) is 6.33. The molecule has 1 aliphatic carbocycles. The molecule has 2 aliphatic rings.